The van der Waals surface area contributed by atoms with Crippen molar-refractivity contribution in [3.8, 4) is 0 Å². The van der Waals surface area contributed by atoms with Crippen LogP contribution in [0.5, 0.6) is 0 Å². The highest BCUT2D eigenvalue weighted by atomic mass is 31.1. The van der Waals surface area contributed by atoms with Gasteiger partial charge in [0.1, 0.15) is 20.6 Å². The molecular weight excluding hydrogens is 330 g/mol. The molecule has 2 rings (SSSR count). The van der Waals surface area contributed by atoms with E-state index in [0.717, 1.165) is 0 Å². The van der Waals surface area contributed by atoms with Crippen LogP contribution in [-0.2, 0) is 23.1 Å². The first-order valence-electron chi connectivity index (χ1n) is 8.73. The van der Waals surface area contributed by atoms with Crippen molar-refractivity contribution in [2.45, 2.75) is 77.6 Å². The molecule has 2 fully saturated rings. The second-order valence-corrected chi connectivity index (χ2v) is 8.23. The predicted octanol–water partition coefficient (Wildman–Crippen LogP) is 2.41. The molecule has 24 heavy (non-hydrogen) atoms. The highest BCUT2D eigenvalue weighted by Crippen LogP contribution is 2.39. The zero-order chi connectivity index (χ0) is 18.0. The molecule has 2 radical (unpaired) electrons. The Morgan fingerprint density at radius 3 is 2.42 bits per heavy atom. The van der Waals surface area contributed by atoms with Gasteiger partial charge in [-0.1, -0.05) is 27.7 Å². The third kappa shape index (κ3) is 4.57. The maximum absolute atomic E-state index is 12.1. The Labute approximate surface area is 146 Å². The summed E-state index contributed by atoms with van der Waals surface area (Å²) in [6, 6.07) is -0.421. The number of aliphatic hydroxyl groups excluding tert-OH is 1. The van der Waals surface area contributed by atoms with Crippen LogP contribution in [-0.4, -0.2) is 56.1 Å². The molecule has 8 heteroatoms. The molecule has 0 amide bonds. The number of rotatable bonds is 7. The van der Waals surface area contributed by atoms with Crippen molar-refractivity contribution in [2.75, 3.05) is 6.61 Å². The van der Waals surface area contributed by atoms with Gasteiger partial charge in [0.15, 0.2) is 0 Å². The Bertz CT molecular complexity index is 437. The highest BCUT2D eigenvalue weighted by molar-refractivity contribution is 7.33. The van der Waals surface area contributed by atoms with Crippen LogP contribution in [0.1, 0.15) is 41.0 Å². The molecule has 2 heterocycles. The van der Waals surface area contributed by atoms with Crippen LogP contribution < -0.4 is 0 Å². The minimum absolute atomic E-state index is 0.0137. The molecule has 3 unspecified atom stereocenters. The van der Waals surface area contributed by atoms with Crippen molar-refractivity contribution in [3.63, 3.8) is 0 Å². The number of ether oxygens (including phenoxy) is 2. The molecule has 0 bridgehead atoms. The van der Waals surface area contributed by atoms with Gasteiger partial charge in [-0.2, -0.15) is 0 Å². The lowest BCUT2D eigenvalue weighted by molar-refractivity contribution is -0.00233. The fraction of sp³-hybridized carbons (Fsp3) is 1.00. The average Bonchev–Trinajstić information content (AvgIpc) is 2.93. The highest BCUT2D eigenvalue weighted by Gasteiger charge is 2.47. The Balaban J connectivity index is 1.77. The summed E-state index contributed by atoms with van der Waals surface area (Å²) in [6.45, 7) is 10.1. The van der Waals surface area contributed by atoms with Gasteiger partial charge in [-0.3, -0.25) is 0 Å². The SMILES string of the molecule is [B][C@@H]1O[C@H](C(C)C)[C@H](O[P+](=O)OCC[C@H]2O[C@@H](C)C(C)[C@H]2O)C1C. The summed E-state index contributed by atoms with van der Waals surface area (Å²) in [5.41, 5.74) is 0. The molecule has 2 aliphatic heterocycles. The molecule has 9 atom stereocenters. The van der Waals surface area contributed by atoms with Gasteiger partial charge in [-0.15, -0.1) is 9.05 Å². The maximum atomic E-state index is 12.1. The molecule has 6 nitrogen and oxygen atoms in total. The third-order valence-electron chi connectivity index (χ3n) is 5.19. The summed E-state index contributed by atoms with van der Waals surface area (Å²) in [7, 11) is 3.65. The van der Waals surface area contributed by atoms with Gasteiger partial charge in [0, 0.05) is 28.8 Å². The molecule has 0 saturated carbocycles. The lowest BCUT2D eigenvalue weighted by Gasteiger charge is -2.18. The van der Waals surface area contributed by atoms with Crippen molar-refractivity contribution in [2.24, 2.45) is 17.8 Å². The molecule has 0 aromatic rings. The largest absolute Gasteiger partial charge is 0.697 e. The molecule has 0 aliphatic carbocycles. The number of hydrogen-bond donors (Lipinski definition) is 1. The Morgan fingerprint density at radius 1 is 1.21 bits per heavy atom. The fourth-order valence-electron chi connectivity index (χ4n) is 3.27. The van der Waals surface area contributed by atoms with E-state index in [2.05, 4.69) is 0 Å². The fourth-order valence-corrected chi connectivity index (χ4v) is 4.10. The van der Waals surface area contributed by atoms with Crippen molar-refractivity contribution in [1.29, 1.82) is 0 Å². The van der Waals surface area contributed by atoms with Gasteiger partial charge in [0.05, 0.1) is 24.4 Å². The van der Waals surface area contributed by atoms with Gasteiger partial charge in [0.25, 0.3) is 0 Å². The van der Waals surface area contributed by atoms with Crippen molar-refractivity contribution in [3.05, 3.63) is 0 Å². The van der Waals surface area contributed by atoms with Crippen LogP contribution in [0, 0.1) is 17.8 Å². The first kappa shape index (κ1) is 20.3. The zero-order valence-corrected chi connectivity index (χ0v) is 16.0. The van der Waals surface area contributed by atoms with Crippen LogP contribution in [0.15, 0.2) is 0 Å². The molecule has 0 spiro atoms. The minimum atomic E-state index is -2.27. The Morgan fingerprint density at radius 2 is 1.88 bits per heavy atom. The smallest absolute Gasteiger partial charge is 0.390 e. The van der Waals surface area contributed by atoms with Gasteiger partial charge in [0.2, 0.25) is 0 Å². The van der Waals surface area contributed by atoms with Crippen molar-refractivity contribution >= 4 is 16.1 Å². The molecule has 2 aliphatic rings. The molecule has 2 saturated heterocycles. The zero-order valence-electron chi connectivity index (χ0n) is 15.1. The standard InChI is InChI=1S/C16H29BO6P/c1-8(2)14-15(10(4)16(17)22-14)23-24(19)20-7-6-12-13(18)9(3)11(5)21-12/h8-16,18H,6-7H2,1-5H3/q+1/t9?,10?,11-,12+,13+,14+,15+,16+/m0/s1. The van der Waals surface area contributed by atoms with E-state index in [1.54, 1.807) is 0 Å². The summed E-state index contributed by atoms with van der Waals surface area (Å²) in [4.78, 5) is 0. The number of aliphatic hydroxyl groups is 1. The van der Waals surface area contributed by atoms with E-state index in [-0.39, 0.29) is 48.8 Å². The maximum Gasteiger partial charge on any atom is 0.697 e. The van der Waals surface area contributed by atoms with E-state index in [1.165, 1.54) is 0 Å². The Hall–Kier alpha value is -0.0351. The lowest BCUT2D eigenvalue weighted by Crippen LogP contribution is -2.31. The second kappa shape index (κ2) is 8.57. The van der Waals surface area contributed by atoms with Crippen molar-refractivity contribution < 1.29 is 28.2 Å². The predicted molar refractivity (Wildman–Crippen MR) is 91.0 cm³/mol. The third-order valence-corrected chi connectivity index (χ3v) is 6.00. The summed E-state index contributed by atoms with van der Waals surface area (Å²) in [5, 5.41) is 10.1. The average molecular weight is 359 g/mol. The van der Waals surface area contributed by atoms with E-state index < -0.39 is 20.4 Å². The Kier molecular flexibility index (Phi) is 7.24. The van der Waals surface area contributed by atoms with Crippen LogP contribution in [0.3, 0.4) is 0 Å². The van der Waals surface area contributed by atoms with E-state index >= 15 is 0 Å². The molecule has 1 N–H and O–H groups in total. The van der Waals surface area contributed by atoms with Crippen molar-refractivity contribution in [1.82, 2.24) is 0 Å². The normalized spacial score (nSPS) is 43.5. The molecule has 0 aromatic carbocycles. The van der Waals surface area contributed by atoms with E-state index in [0.29, 0.717) is 6.42 Å². The summed E-state index contributed by atoms with van der Waals surface area (Å²) in [5.74, 6) is 0.242. The quantitative estimate of drug-likeness (QED) is 0.556. The van der Waals surface area contributed by atoms with Gasteiger partial charge >= 0.3 is 8.25 Å². The number of hydrogen-bond acceptors (Lipinski definition) is 6. The molecular formula is C16H29BO6P+. The summed E-state index contributed by atoms with van der Waals surface area (Å²) >= 11 is 0. The first-order valence-corrected chi connectivity index (χ1v) is 9.83. The van der Waals surface area contributed by atoms with Gasteiger partial charge in [-0.25, -0.2) is 0 Å². The van der Waals surface area contributed by atoms with Crippen LogP contribution in [0.4, 0.5) is 0 Å². The molecule has 0 aromatic heterocycles. The minimum Gasteiger partial charge on any atom is -0.390 e. The van der Waals surface area contributed by atoms with Gasteiger partial charge < -0.3 is 14.6 Å². The monoisotopic (exact) mass is 359 g/mol. The van der Waals surface area contributed by atoms with E-state index in [1.807, 2.05) is 34.6 Å². The van der Waals surface area contributed by atoms with Crippen LogP contribution >= 0.6 is 8.25 Å². The summed E-state index contributed by atoms with van der Waals surface area (Å²) < 4.78 is 34.3. The topological polar surface area (TPSA) is 74.2 Å². The van der Waals surface area contributed by atoms with Crippen LogP contribution in [0.25, 0.3) is 0 Å². The van der Waals surface area contributed by atoms with E-state index in [4.69, 9.17) is 26.4 Å². The molecule has 136 valence electrons. The summed E-state index contributed by atoms with van der Waals surface area (Å²) in [6.07, 6.45) is -0.863. The van der Waals surface area contributed by atoms with E-state index in [9.17, 15) is 9.67 Å². The van der Waals surface area contributed by atoms with Crippen LogP contribution in [0.2, 0.25) is 0 Å². The van der Waals surface area contributed by atoms with Gasteiger partial charge in [-0.05, 0) is 12.8 Å². The second-order valence-electron chi connectivity index (χ2n) is 7.31. The lowest BCUT2D eigenvalue weighted by atomic mass is 9.85. The first-order chi connectivity index (χ1) is 11.2.